The minimum absolute atomic E-state index is 0.0135. The van der Waals surface area contributed by atoms with Crippen molar-refractivity contribution in [3.05, 3.63) is 81.5 Å². The molecule has 31 heavy (non-hydrogen) atoms. The summed E-state index contributed by atoms with van der Waals surface area (Å²) in [5, 5.41) is 1.06. The quantitative estimate of drug-likeness (QED) is 0.441. The van der Waals surface area contributed by atoms with Crippen molar-refractivity contribution in [3.8, 4) is 28.4 Å². The molecule has 0 fully saturated rings. The predicted molar refractivity (Wildman–Crippen MR) is 121 cm³/mol. The third-order valence-electron chi connectivity index (χ3n) is 4.88. The molecule has 1 aromatic heterocycles. The van der Waals surface area contributed by atoms with Gasteiger partial charge in [-0.25, -0.2) is 0 Å². The highest BCUT2D eigenvalue weighted by Crippen LogP contribution is 2.34. The van der Waals surface area contributed by atoms with Gasteiger partial charge in [-0.3, -0.25) is 4.79 Å². The Bertz CT molecular complexity index is 1300. The maximum atomic E-state index is 13.2. The molecular formula is C24H20ClNO5. The van der Waals surface area contributed by atoms with Gasteiger partial charge in [0.2, 0.25) is 11.3 Å². The summed E-state index contributed by atoms with van der Waals surface area (Å²) in [6, 6.07) is 17.6. The molecule has 4 aromatic rings. The van der Waals surface area contributed by atoms with Crippen LogP contribution in [0.2, 0.25) is 5.02 Å². The number of methoxy groups -OCH3 is 2. The number of nitrogen functional groups attached to an aromatic ring is 1. The largest absolute Gasteiger partial charge is 0.493 e. The standard InChI is InChI=1S/C24H20ClNO5/c1-28-19-10-5-15(11-21(19)29-2)22-23(27)18-9-8-17(12-20(18)31-24(22)26)30-13-14-3-6-16(25)7-4-14/h3-12H,13,26H2,1-2H3. The fourth-order valence-corrected chi connectivity index (χ4v) is 3.42. The molecule has 158 valence electrons. The van der Waals surface area contributed by atoms with Crippen molar-refractivity contribution >= 4 is 28.5 Å². The molecule has 2 N–H and O–H groups in total. The second-order valence-electron chi connectivity index (χ2n) is 6.81. The topological polar surface area (TPSA) is 83.9 Å². The second-order valence-corrected chi connectivity index (χ2v) is 7.25. The first kappa shape index (κ1) is 20.6. The van der Waals surface area contributed by atoms with Crippen molar-refractivity contribution in [2.75, 3.05) is 20.0 Å². The number of rotatable bonds is 6. The van der Waals surface area contributed by atoms with Crippen LogP contribution in [-0.4, -0.2) is 14.2 Å². The van der Waals surface area contributed by atoms with E-state index in [0.717, 1.165) is 5.56 Å². The molecule has 0 bridgehead atoms. The summed E-state index contributed by atoms with van der Waals surface area (Å²) >= 11 is 5.90. The molecule has 0 radical (unpaired) electrons. The van der Waals surface area contributed by atoms with Crippen LogP contribution in [-0.2, 0) is 6.61 Å². The Kier molecular flexibility index (Phi) is 5.73. The molecule has 7 heteroatoms. The Hall–Kier alpha value is -3.64. The Morgan fingerprint density at radius 2 is 1.68 bits per heavy atom. The summed E-state index contributed by atoms with van der Waals surface area (Å²) in [6.45, 7) is 0.353. The lowest BCUT2D eigenvalue weighted by molar-refractivity contribution is 0.306. The van der Waals surface area contributed by atoms with Crippen molar-refractivity contribution in [3.63, 3.8) is 0 Å². The van der Waals surface area contributed by atoms with Gasteiger partial charge in [0.25, 0.3) is 0 Å². The molecule has 0 amide bonds. The lowest BCUT2D eigenvalue weighted by atomic mass is 10.0. The lowest BCUT2D eigenvalue weighted by Crippen LogP contribution is -2.09. The van der Waals surface area contributed by atoms with E-state index in [2.05, 4.69) is 0 Å². The fraction of sp³-hybridized carbons (Fsp3) is 0.125. The van der Waals surface area contributed by atoms with Gasteiger partial charge in [0.15, 0.2) is 11.5 Å². The van der Waals surface area contributed by atoms with Crippen molar-refractivity contribution in [2.45, 2.75) is 6.61 Å². The number of halogens is 1. The molecule has 0 saturated heterocycles. The molecule has 3 aromatic carbocycles. The maximum absolute atomic E-state index is 13.2. The summed E-state index contributed by atoms with van der Waals surface area (Å²) in [5.74, 6) is 1.62. The van der Waals surface area contributed by atoms with Crippen LogP contribution in [0.25, 0.3) is 22.1 Å². The van der Waals surface area contributed by atoms with Gasteiger partial charge in [-0.15, -0.1) is 0 Å². The van der Waals surface area contributed by atoms with Crippen molar-refractivity contribution in [2.24, 2.45) is 0 Å². The third-order valence-corrected chi connectivity index (χ3v) is 5.13. The molecule has 0 aliphatic heterocycles. The van der Waals surface area contributed by atoms with E-state index in [1.54, 1.807) is 55.6 Å². The molecule has 1 heterocycles. The molecule has 4 rings (SSSR count). The average molecular weight is 438 g/mol. The minimum atomic E-state index is -0.241. The third kappa shape index (κ3) is 4.15. The predicted octanol–water partition coefficient (Wildman–Crippen LogP) is 5.29. The number of fused-ring (bicyclic) bond motifs is 1. The highest BCUT2D eigenvalue weighted by molar-refractivity contribution is 6.30. The molecule has 0 saturated carbocycles. The van der Waals surface area contributed by atoms with Gasteiger partial charge >= 0.3 is 0 Å². The van der Waals surface area contributed by atoms with E-state index >= 15 is 0 Å². The lowest BCUT2D eigenvalue weighted by Gasteiger charge is -2.12. The Morgan fingerprint density at radius 1 is 0.935 bits per heavy atom. The van der Waals surface area contributed by atoms with E-state index in [4.69, 9.17) is 36.0 Å². The first-order valence-corrected chi connectivity index (χ1v) is 9.84. The van der Waals surface area contributed by atoms with Gasteiger partial charge in [0.05, 0.1) is 25.2 Å². The van der Waals surface area contributed by atoms with Crippen LogP contribution in [0.3, 0.4) is 0 Å². The molecule has 0 unspecified atom stereocenters. The van der Waals surface area contributed by atoms with Crippen LogP contribution in [0.1, 0.15) is 5.56 Å². The molecular weight excluding hydrogens is 418 g/mol. The zero-order chi connectivity index (χ0) is 22.0. The Labute approximate surface area is 183 Å². The van der Waals surface area contributed by atoms with Gasteiger partial charge in [0, 0.05) is 11.1 Å². The SMILES string of the molecule is COc1ccc(-c2c(N)oc3cc(OCc4ccc(Cl)cc4)ccc3c2=O)cc1OC. The van der Waals surface area contributed by atoms with Gasteiger partial charge in [0.1, 0.15) is 17.9 Å². The van der Waals surface area contributed by atoms with E-state index in [-0.39, 0.29) is 16.9 Å². The zero-order valence-electron chi connectivity index (χ0n) is 17.0. The molecule has 6 nitrogen and oxygen atoms in total. The van der Waals surface area contributed by atoms with Crippen LogP contribution in [0.5, 0.6) is 17.2 Å². The van der Waals surface area contributed by atoms with Gasteiger partial charge in [-0.1, -0.05) is 29.8 Å². The van der Waals surface area contributed by atoms with Crippen molar-refractivity contribution < 1.29 is 18.6 Å². The molecule has 0 atom stereocenters. The summed E-state index contributed by atoms with van der Waals surface area (Å²) in [6.07, 6.45) is 0. The number of benzene rings is 3. The summed E-state index contributed by atoms with van der Waals surface area (Å²) < 4.78 is 22.2. The van der Waals surface area contributed by atoms with Crippen LogP contribution in [0.4, 0.5) is 5.88 Å². The van der Waals surface area contributed by atoms with E-state index in [0.29, 0.717) is 45.4 Å². The minimum Gasteiger partial charge on any atom is -0.493 e. The molecule has 0 aliphatic rings. The first-order valence-electron chi connectivity index (χ1n) is 9.46. The van der Waals surface area contributed by atoms with Crippen LogP contribution in [0.15, 0.2) is 69.9 Å². The van der Waals surface area contributed by atoms with Gasteiger partial charge < -0.3 is 24.4 Å². The summed E-state index contributed by atoms with van der Waals surface area (Å²) in [7, 11) is 3.07. The monoisotopic (exact) mass is 437 g/mol. The number of hydrogen-bond acceptors (Lipinski definition) is 6. The average Bonchev–Trinajstić information content (AvgIpc) is 2.78. The highest BCUT2D eigenvalue weighted by atomic mass is 35.5. The number of anilines is 1. The van der Waals surface area contributed by atoms with Crippen LogP contribution in [0, 0.1) is 0 Å². The van der Waals surface area contributed by atoms with E-state index in [1.807, 2.05) is 12.1 Å². The second kappa shape index (κ2) is 8.62. The number of hydrogen-bond donors (Lipinski definition) is 1. The zero-order valence-corrected chi connectivity index (χ0v) is 17.7. The number of nitrogens with two attached hydrogens (primary N) is 1. The van der Waals surface area contributed by atoms with Gasteiger partial charge in [-0.2, -0.15) is 0 Å². The Balaban J connectivity index is 1.68. The van der Waals surface area contributed by atoms with Crippen molar-refractivity contribution in [1.82, 2.24) is 0 Å². The highest BCUT2D eigenvalue weighted by Gasteiger charge is 2.17. The van der Waals surface area contributed by atoms with E-state index < -0.39 is 0 Å². The smallest absolute Gasteiger partial charge is 0.202 e. The summed E-state index contributed by atoms with van der Waals surface area (Å²) in [4.78, 5) is 13.2. The van der Waals surface area contributed by atoms with E-state index in [9.17, 15) is 4.79 Å². The van der Waals surface area contributed by atoms with Crippen molar-refractivity contribution in [1.29, 1.82) is 0 Å². The van der Waals surface area contributed by atoms with E-state index in [1.165, 1.54) is 7.11 Å². The maximum Gasteiger partial charge on any atom is 0.202 e. The van der Waals surface area contributed by atoms with Gasteiger partial charge in [-0.05, 0) is 47.5 Å². The normalized spacial score (nSPS) is 10.8. The molecule has 0 aliphatic carbocycles. The molecule has 0 spiro atoms. The fourth-order valence-electron chi connectivity index (χ4n) is 3.29. The van der Waals surface area contributed by atoms with Crippen LogP contribution < -0.4 is 25.4 Å². The Morgan fingerprint density at radius 3 is 2.39 bits per heavy atom. The first-order chi connectivity index (χ1) is 15.0. The van der Waals surface area contributed by atoms with Crippen LogP contribution >= 0.6 is 11.6 Å². The number of ether oxygens (including phenoxy) is 3. The summed E-state index contributed by atoms with van der Waals surface area (Å²) in [5.41, 5.74) is 8.04.